The zero-order valence-electron chi connectivity index (χ0n) is 10.7. The number of carbonyl (C=O) groups excluding carboxylic acids is 1. The van der Waals surface area contributed by atoms with E-state index in [4.69, 9.17) is 0 Å². The van der Waals surface area contributed by atoms with Crippen LogP contribution in [0.15, 0.2) is 24.3 Å². The molecule has 0 atom stereocenters. The van der Waals surface area contributed by atoms with E-state index in [1.165, 1.54) is 0 Å². The van der Waals surface area contributed by atoms with E-state index in [9.17, 15) is 4.79 Å². The molecule has 0 aromatic rings. The molecule has 0 aliphatic heterocycles. The maximum atomic E-state index is 11.0. The molecule has 1 nitrogen and oxygen atoms in total. The van der Waals surface area contributed by atoms with Gasteiger partial charge >= 0.3 is 0 Å². The third-order valence-corrected chi connectivity index (χ3v) is 3.23. The van der Waals surface area contributed by atoms with Crippen molar-refractivity contribution in [3.8, 4) is 0 Å². The number of carbonyl (C=O) groups is 1. The van der Waals surface area contributed by atoms with Gasteiger partial charge in [0.15, 0.2) is 0 Å². The van der Waals surface area contributed by atoms with Crippen molar-refractivity contribution in [2.45, 2.75) is 47.5 Å². The van der Waals surface area contributed by atoms with Gasteiger partial charge in [-0.05, 0) is 25.2 Å². The third kappa shape index (κ3) is 4.46. The van der Waals surface area contributed by atoms with E-state index in [1.54, 1.807) is 0 Å². The van der Waals surface area contributed by atoms with Crippen molar-refractivity contribution in [2.24, 2.45) is 10.8 Å². The molecular weight excluding hydrogens is 184 g/mol. The summed E-state index contributed by atoms with van der Waals surface area (Å²) in [6.45, 7) is 10.2. The van der Waals surface area contributed by atoms with Crippen LogP contribution in [0.5, 0.6) is 0 Å². The Hall–Kier alpha value is -0.850. The maximum absolute atomic E-state index is 11.0. The van der Waals surface area contributed by atoms with Gasteiger partial charge in [-0.15, -0.1) is 0 Å². The number of allylic oxidation sites excluding steroid dienone is 4. The van der Waals surface area contributed by atoms with Crippen LogP contribution in [0.25, 0.3) is 0 Å². The minimum absolute atomic E-state index is 0.0787. The quantitative estimate of drug-likeness (QED) is 0.364. The molecular formula is C14H24O. The molecule has 0 N–H and O–H groups in total. The Morgan fingerprint density at radius 1 is 0.933 bits per heavy atom. The Morgan fingerprint density at radius 3 is 1.93 bits per heavy atom. The predicted molar refractivity (Wildman–Crippen MR) is 66.8 cm³/mol. The lowest BCUT2D eigenvalue weighted by atomic mass is 9.69. The molecule has 0 aromatic carbocycles. The number of aldehydes is 1. The Bertz CT molecular complexity index is 244. The fourth-order valence-corrected chi connectivity index (χ4v) is 1.10. The normalized spacial score (nSPS) is 13.9. The molecule has 0 saturated carbocycles. The summed E-state index contributed by atoms with van der Waals surface area (Å²) in [5.74, 6) is 0. The first-order valence-electron chi connectivity index (χ1n) is 5.62. The fourth-order valence-electron chi connectivity index (χ4n) is 1.10. The maximum Gasteiger partial charge on any atom is 0.126 e. The summed E-state index contributed by atoms with van der Waals surface area (Å²) in [5.41, 5.74) is -0.380. The Morgan fingerprint density at radius 2 is 1.47 bits per heavy atom. The molecule has 0 heterocycles. The summed E-state index contributed by atoms with van der Waals surface area (Å²) < 4.78 is 0. The monoisotopic (exact) mass is 208 g/mol. The van der Waals surface area contributed by atoms with E-state index >= 15 is 0 Å². The second-order valence-electron chi connectivity index (χ2n) is 5.11. The molecule has 0 saturated heterocycles. The highest BCUT2D eigenvalue weighted by molar-refractivity contribution is 5.60. The summed E-state index contributed by atoms with van der Waals surface area (Å²) in [5, 5.41) is 0. The van der Waals surface area contributed by atoms with Crippen LogP contribution >= 0.6 is 0 Å². The second kappa shape index (κ2) is 5.89. The zero-order chi connectivity index (χ0) is 11.9. The zero-order valence-corrected chi connectivity index (χ0v) is 10.7. The molecule has 0 aromatic heterocycles. The SMILES string of the molecule is CC=CCCC=CC(C)(C)C(C)(C)C=O. The molecule has 0 fully saturated rings. The summed E-state index contributed by atoms with van der Waals surface area (Å²) in [6.07, 6.45) is 11.7. The average molecular weight is 208 g/mol. The van der Waals surface area contributed by atoms with Crippen LogP contribution in [0, 0.1) is 10.8 Å². The van der Waals surface area contributed by atoms with Gasteiger partial charge in [0.05, 0.1) is 0 Å². The Balaban J connectivity index is 4.30. The standard InChI is InChI=1S/C14H24O/c1-6-7-8-9-10-11-13(2,3)14(4,5)12-15/h6-7,10-12H,8-9H2,1-5H3. The van der Waals surface area contributed by atoms with Gasteiger partial charge in [-0.25, -0.2) is 0 Å². The molecule has 0 aliphatic rings. The molecule has 0 spiro atoms. The molecule has 0 bridgehead atoms. The highest BCUT2D eigenvalue weighted by atomic mass is 16.1. The number of hydrogen-bond acceptors (Lipinski definition) is 1. The number of hydrogen-bond donors (Lipinski definition) is 0. The largest absolute Gasteiger partial charge is 0.303 e. The van der Waals surface area contributed by atoms with Gasteiger partial charge in [0.25, 0.3) is 0 Å². The lowest BCUT2D eigenvalue weighted by Crippen LogP contribution is -2.32. The van der Waals surface area contributed by atoms with E-state index in [0.717, 1.165) is 19.1 Å². The predicted octanol–water partition coefficient (Wildman–Crippen LogP) is 4.15. The first-order chi connectivity index (χ1) is 6.87. The number of unbranched alkanes of at least 4 members (excludes halogenated alkanes) is 1. The molecule has 1 heteroatoms. The number of rotatable bonds is 6. The lowest BCUT2D eigenvalue weighted by molar-refractivity contribution is -0.118. The van der Waals surface area contributed by atoms with Gasteiger partial charge < -0.3 is 4.79 Å². The van der Waals surface area contributed by atoms with Gasteiger partial charge in [-0.1, -0.05) is 52.0 Å². The highest BCUT2D eigenvalue weighted by Gasteiger charge is 2.34. The van der Waals surface area contributed by atoms with Crippen LogP contribution in [0.3, 0.4) is 0 Å². The van der Waals surface area contributed by atoms with E-state index in [2.05, 4.69) is 38.2 Å². The second-order valence-corrected chi connectivity index (χ2v) is 5.11. The van der Waals surface area contributed by atoms with Crippen LogP contribution in [-0.2, 0) is 4.79 Å². The minimum atomic E-state index is -0.301. The Kier molecular flexibility index (Phi) is 5.56. The average Bonchev–Trinajstić information content (AvgIpc) is 2.17. The first-order valence-corrected chi connectivity index (χ1v) is 5.62. The van der Waals surface area contributed by atoms with Crippen LogP contribution in [0.4, 0.5) is 0 Å². The van der Waals surface area contributed by atoms with Crippen molar-refractivity contribution in [3.63, 3.8) is 0 Å². The minimum Gasteiger partial charge on any atom is -0.303 e. The van der Waals surface area contributed by atoms with Crippen molar-refractivity contribution < 1.29 is 4.79 Å². The van der Waals surface area contributed by atoms with Crippen molar-refractivity contribution >= 4 is 6.29 Å². The van der Waals surface area contributed by atoms with E-state index in [1.807, 2.05) is 20.8 Å². The molecule has 86 valence electrons. The molecule has 0 radical (unpaired) electrons. The molecule has 0 aliphatic carbocycles. The van der Waals surface area contributed by atoms with Crippen molar-refractivity contribution in [1.82, 2.24) is 0 Å². The van der Waals surface area contributed by atoms with Gasteiger partial charge in [0.2, 0.25) is 0 Å². The van der Waals surface area contributed by atoms with Gasteiger partial charge in [0.1, 0.15) is 6.29 Å². The van der Waals surface area contributed by atoms with Gasteiger partial charge in [-0.2, -0.15) is 0 Å². The van der Waals surface area contributed by atoms with Crippen molar-refractivity contribution in [1.29, 1.82) is 0 Å². The lowest BCUT2D eigenvalue weighted by Gasteiger charge is -2.34. The van der Waals surface area contributed by atoms with Crippen LogP contribution < -0.4 is 0 Å². The van der Waals surface area contributed by atoms with Crippen LogP contribution in [0.2, 0.25) is 0 Å². The van der Waals surface area contributed by atoms with Crippen molar-refractivity contribution in [3.05, 3.63) is 24.3 Å². The van der Waals surface area contributed by atoms with E-state index in [0.29, 0.717) is 0 Å². The molecule has 0 amide bonds. The van der Waals surface area contributed by atoms with Gasteiger partial charge in [0, 0.05) is 5.41 Å². The fraction of sp³-hybridized carbons (Fsp3) is 0.643. The van der Waals surface area contributed by atoms with E-state index in [-0.39, 0.29) is 10.8 Å². The summed E-state index contributed by atoms with van der Waals surface area (Å²) in [7, 11) is 0. The highest BCUT2D eigenvalue weighted by Crippen LogP contribution is 2.37. The van der Waals surface area contributed by atoms with Crippen molar-refractivity contribution in [2.75, 3.05) is 0 Å². The van der Waals surface area contributed by atoms with Gasteiger partial charge in [-0.3, -0.25) is 0 Å². The summed E-state index contributed by atoms with van der Waals surface area (Å²) in [4.78, 5) is 11.0. The topological polar surface area (TPSA) is 17.1 Å². The van der Waals surface area contributed by atoms with Crippen LogP contribution in [-0.4, -0.2) is 6.29 Å². The summed E-state index contributed by atoms with van der Waals surface area (Å²) >= 11 is 0. The summed E-state index contributed by atoms with van der Waals surface area (Å²) in [6, 6.07) is 0. The van der Waals surface area contributed by atoms with Crippen LogP contribution in [0.1, 0.15) is 47.5 Å². The first kappa shape index (κ1) is 14.2. The van der Waals surface area contributed by atoms with E-state index < -0.39 is 0 Å². The third-order valence-electron chi connectivity index (χ3n) is 3.23. The molecule has 15 heavy (non-hydrogen) atoms. The molecule has 0 rings (SSSR count). The molecule has 0 unspecified atom stereocenters. The Labute approximate surface area is 94.3 Å². The smallest absolute Gasteiger partial charge is 0.126 e.